The average molecular weight is 342 g/mol. The molecule has 2 heterocycles. The molecule has 0 unspecified atom stereocenters. The number of amides is 1. The maximum atomic E-state index is 12.4. The first kappa shape index (κ1) is 15.7. The van der Waals surface area contributed by atoms with Crippen LogP contribution >= 0.6 is 11.7 Å². The summed E-state index contributed by atoms with van der Waals surface area (Å²) in [7, 11) is 0. The van der Waals surface area contributed by atoms with Gasteiger partial charge in [0.2, 0.25) is 0 Å². The van der Waals surface area contributed by atoms with Crippen LogP contribution in [0, 0.1) is 0 Å². The van der Waals surface area contributed by atoms with Crippen molar-refractivity contribution in [3.63, 3.8) is 0 Å². The average Bonchev–Trinajstić information content (AvgIpc) is 3.36. The molecule has 5 nitrogen and oxygen atoms in total. The molecule has 4 rings (SSSR count). The van der Waals surface area contributed by atoms with Crippen LogP contribution in [0.4, 0.5) is 0 Å². The van der Waals surface area contributed by atoms with Crippen LogP contribution in [0.1, 0.15) is 46.8 Å². The van der Waals surface area contributed by atoms with Gasteiger partial charge in [-0.1, -0.05) is 24.3 Å². The number of rotatable bonds is 4. The van der Waals surface area contributed by atoms with E-state index >= 15 is 0 Å². The molecule has 1 aromatic heterocycles. The Morgan fingerprint density at radius 2 is 1.96 bits per heavy atom. The monoisotopic (exact) mass is 342 g/mol. The highest BCUT2D eigenvalue weighted by Gasteiger charge is 2.24. The lowest BCUT2D eigenvalue weighted by Gasteiger charge is -2.21. The molecule has 0 spiro atoms. The van der Waals surface area contributed by atoms with E-state index in [4.69, 9.17) is 0 Å². The number of carbonyl (C=O) groups is 1. The molecule has 1 aliphatic carbocycles. The van der Waals surface area contributed by atoms with Gasteiger partial charge in [-0.15, -0.1) is 0 Å². The van der Waals surface area contributed by atoms with Crippen molar-refractivity contribution in [1.82, 2.24) is 18.5 Å². The molecule has 0 radical (unpaired) electrons. The van der Waals surface area contributed by atoms with Crippen molar-refractivity contribution in [2.75, 3.05) is 26.2 Å². The zero-order valence-corrected chi connectivity index (χ0v) is 14.5. The van der Waals surface area contributed by atoms with Gasteiger partial charge in [-0.25, -0.2) is 0 Å². The van der Waals surface area contributed by atoms with Crippen molar-refractivity contribution in [1.29, 1.82) is 0 Å². The third-order valence-electron chi connectivity index (χ3n) is 4.89. The van der Waals surface area contributed by atoms with Gasteiger partial charge in [0.1, 0.15) is 0 Å². The van der Waals surface area contributed by atoms with Crippen LogP contribution in [-0.4, -0.2) is 50.6 Å². The fourth-order valence-electron chi connectivity index (χ4n) is 3.32. The van der Waals surface area contributed by atoms with Crippen molar-refractivity contribution in [2.45, 2.75) is 31.7 Å². The number of hydrogen-bond acceptors (Lipinski definition) is 5. The molecule has 1 amide bonds. The maximum Gasteiger partial charge on any atom is 0.275 e. The normalized spacial score (nSPS) is 19.2. The summed E-state index contributed by atoms with van der Waals surface area (Å²) in [5, 5.41) is 0. The standard InChI is InChI=1S/C18H22N4OS/c23-18(17-12-19-24-20-17)22-9-1-8-21(10-11-22)13-14-2-4-15(5-3-14)16-6-7-16/h2-5,12,16H,1,6-11,13H2. The van der Waals surface area contributed by atoms with Crippen molar-refractivity contribution < 1.29 is 4.79 Å². The highest BCUT2D eigenvalue weighted by molar-refractivity contribution is 6.99. The van der Waals surface area contributed by atoms with E-state index in [2.05, 4.69) is 37.9 Å². The molecule has 1 saturated carbocycles. The van der Waals surface area contributed by atoms with Gasteiger partial charge in [-0.05, 0) is 36.3 Å². The van der Waals surface area contributed by atoms with Crippen molar-refractivity contribution >= 4 is 17.6 Å². The van der Waals surface area contributed by atoms with E-state index in [9.17, 15) is 4.79 Å². The van der Waals surface area contributed by atoms with Gasteiger partial charge >= 0.3 is 0 Å². The predicted molar refractivity (Wildman–Crippen MR) is 94.1 cm³/mol. The highest BCUT2D eigenvalue weighted by Crippen LogP contribution is 2.39. The Morgan fingerprint density at radius 1 is 1.12 bits per heavy atom. The number of aromatic nitrogens is 2. The number of carbonyl (C=O) groups excluding carboxylic acids is 1. The van der Waals surface area contributed by atoms with Crippen LogP contribution in [0.25, 0.3) is 0 Å². The quantitative estimate of drug-likeness (QED) is 0.857. The van der Waals surface area contributed by atoms with E-state index in [-0.39, 0.29) is 5.91 Å². The van der Waals surface area contributed by atoms with Gasteiger partial charge in [0.25, 0.3) is 5.91 Å². The Labute approximate surface area is 146 Å². The molecule has 0 bridgehead atoms. The summed E-state index contributed by atoms with van der Waals surface area (Å²) < 4.78 is 7.99. The summed E-state index contributed by atoms with van der Waals surface area (Å²) in [4.78, 5) is 16.8. The molecular formula is C18H22N4OS. The minimum absolute atomic E-state index is 0.0133. The summed E-state index contributed by atoms with van der Waals surface area (Å²) in [6, 6.07) is 9.11. The lowest BCUT2D eigenvalue weighted by atomic mass is 10.1. The molecule has 2 aromatic rings. The lowest BCUT2D eigenvalue weighted by Crippen LogP contribution is -2.35. The maximum absolute atomic E-state index is 12.4. The van der Waals surface area contributed by atoms with Gasteiger partial charge in [0, 0.05) is 32.7 Å². The Hall–Kier alpha value is -1.79. The molecule has 6 heteroatoms. The first-order valence-electron chi connectivity index (χ1n) is 8.67. The van der Waals surface area contributed by atoms with Gasteiger partial charge in [-0.3, -0.25) is 9.69 Å². The fraction of sp³-hybridized carbons (Fsp3) is 0.500. The van der Waals surface area contributed by atoms with Gasteiger partial charge in [-0.2, -0.15) is 8.75 Å². The summed E-state index contributed by atoms with van der Waals surface area (Å²) in [6.07, 6.45) is 5.27. The van der Waals surface area contributed by atoms with Crippen molar-refractivity contribution in [3.8, 4) is 0 Å². The van der Waals surface area contributed by atoms with E-state index < -0.39 is 0 Å². The van der Waals surface area contributed by atoms with Crippen LogP contribution in [-0.2, 0) is 6.54 Å². The molecule has 0 N–H and O–H groups in total. The Morgan fingerprint density at radius 3 is 2.67 bits per heavy atom. The second kappa shape index (κ2) is 6.99. The van der Waals surface area contributed by atoms with Crippen molar-refractivity contribution in [3.05, 3.63) is 47.3 Å². The molecule has 1 saturated heterocycles. The summed E-state index contributed by atoms with van der Waals surface area (Å²) in [5.41, 5.74) is 3.33. The molecular weight excluding hydrogens is 320 g/mol. The first-order chi connectivity index (χ1) is 11.8. The third kappa shape index (κ3) is 3.65. The number of nitrogens with zero attached hydrogens (tertiary/aromatic N) is 4. The molecule has 24 heavy (non-hydrogen) atoms. The zero-order valence-electron chi connectivity index (χ0n) is 13.7. The summed E-state index contributed by atoms with van der Waals surface area (Å²) >= 11 is 1.09. The van der Waals surface area contributed by atoms with Crippen LogP contribution in [0.3, 0.4) is 0 Å². The van der Waals surface area contributed by atoms with E-state index in [0.29, 0.717) is 5.69 Å². The first-order valence-corrected chi connectivity index (χ1v) is 9.40. The molecule has 126 valence electrons. The van der Waals surface area contributed by atoms with E-state index in [1.807, 2.05) is 4.90 Å². The second-order valence-corrected chi connectivity index (χ2v) is 7.29. The highest BCUT2D eigenvalue weighted by atomic mass is 32.1. The molecule has 2 aliphatic rings. The van der Waals surface area contributed by atoms with E-state index in [0.717, 1.165) is 56.8 Å². The van der Waals surface area contributed by atoms with Gasteiger partial charge in [0.15, 0.2) is 5.69 Å². The smallest absolute Gasteiger partial charge is 0.275 e. The van der Waals surface area contributed by atoms with E-state index in [1.165, 1.54) is 24.0 Å². The molecule has 0 atom stereocenters. The minimum atomic E-state index is 0.0133. The largest absolute Gasteiger partial charge is 0.336 e. The number of benzene rings is 1. The molecule has 1 aliphatic heterocycles. The second-order valence-electron chi connectivity index (χ2n) is 6.73. The fourth-order valence-corrected chi connectivity index (χ4v) is 3.73. The Bertz CT molecular complexity index is 682. The SMILES string of the molecule is O=C(c1cnsn1)N1CCCN(Cc2ccc(C3CC3)cc2)CC1. The van der Waals surface area contributed by atoms with E-state index in [1.54, 1.807) is 6.20 Å². The Kier molecular flexibility index (Phi) is 4.58. The van der Waals surface area contributed by atoms with Crippen LogP contribution < -0.4 is 0 Å². The molecule has 1 aromatic carbocycles. The lowest BCUT2D eigenvalue weighted by molar-refractivity contribution is 0.0756. The summed E-state index contributed by atoms with van der Waals surface area (Å²) in [6.45, 7) is 4.46. The summed E-state index contributed by atoms with van der Waals surface area (Å²) in [5.74, 6) is 0.830. The number of hydrogen-bond donors (Lipinski definition) is 0. The van der Waals surface area contributed by atoms with Gasteiger partial charge in [0.05, 0.1) is 17.9 Å². The van der Waals surface area contributed by atoms with Crippen LogP contribution in [0.2, 0.25) is 0 Å². The van der Waals surface area contributed by atoms with Gasteiger partial charge < -0.3 is 4.90 Å². The van der Waals surface area contributed by atoms with Crippen LogP contribution in [0.5, 0.6) is 0 Å². The topological polar surface area (TPSA) is 49.3 Å². The van der Waals surface area contributed by atoms with Crippen LogP contribution in [0.15, 0.2) is 30.5 Å². The zero-order chi connectivity index (χ0) is 16.4. The predicted octanol–water partition coefficient (Wildman–Crippen LogP) is 2.76. The van der Waals surface area contributed by atoms with Crippen molar-refractivity contribution in [2.24, 2.45) is 0 Å². The third-order valence-corrected chi connectivity index (χ3v) is 5.37. The molecule has 2 fully saturated rings. The minimum Gasteiger partial charge on any atom is -0.336 e. The Balaban J connectivity index is 1.33.